The second-order valence-electron chi connectivity index (χ2n) is 6.89. The number of fused-ring (bicyclic) bond motifs is 1. The maximum absolute atomic E-state index is 12.8. The molecule has 0 saturated heterocycles. The van der Waals surface area contributed by atoms with Gasteiger partial charge in [0, 0.05) is 23.5 Å². The molecule has 1 saturated carbocycles. The van der Waals surface area contributed by atoms with E-state index >= 15 is 0 Å². The molecule has 0 atom stereocenters. The van der Waals surface area contributed by atoms with Gasteiger partial charge in [-0.15, -0.1) is 5.10 Å². The zero-order valence-electron chi connectivity index (χ0n) is 15.2. The van der Waals surface area contributed by atoms with Crippen molar-refractivity contribution < 1.29 is 4.79 Å². The van der Waals surface area contributed by atoms with Crippen LogP contribution in [0.5, 0.6) is 0 Å². The highest BCUT2D eigenvalue weighted by Gasteiger charge is 2.19. The highest BCUT2D eigenvalue weighted by Crippen LogP contribution is 2.18. The van der Waals surface area contributed by atoms with Crippen LogP contribution in [0.4, 0.5) is 11.6 Å². The Labute approximate surface area is 156 Å². The number of benzene rings is 1. The van der Waals surface area contributed by atoms with Crippen LogP contribution in [0.2, 0.25) is 0 Å². The van der Waals surface area contributed by atoms with Gasteiger partial charge >= 0.3 is 5.69 Å². The first kappa shape index (κ1) is 17.3. The first-order valence-corrected chi connectivity index (χ1v) is 9.19. The first-order valence-electron chi connectivity index (χ1n) is 9.19. The average molecular weight is 366 g/mol. The lowest BCUT2D eigenvalue weighted by Gasteiger charge is -2.11. The van der Waals surface area contributed by atoms with E-state index in [0.717, 1.165) is 37.1 Å². The lowest BCUT2D eigenvalue weighted by molar-refractivity contribution is -0.122. The minimum Gasteiger partial charge on any atom is -0.352 e. The second-order valence-corrected chi connectivity index (χ2v) is 6.89. The Morgan fingerprint density at radius 2 is 1.96 bits per heavy atom. The van der Waals surface area contributed by atoms with Gasteiger partial charge in [0.2, 0.25) is 11.9 Å². The number of nitrogens with zero attached hydrogens (tertiary/aromatic N) is 4. The molecule has 2 N–H and O–H groups in total. The Hall–Kier alpha value is -3.16. The normalized spacial score (nSPS) is 14.6. The number of nitrogens with one attached hydrogen (secondary N) is 2. The molecule has 2 heterocycles. The molecule has 0 unspecified atom stereocenters. The predicted molar refractivity (Wildman–Crippen MR) is 102 cm³/mol. The quantitative estimate of drug-likeness (QED) is 0.720. The predicted octanol–water partition coefficient (Wildman–Crippen LogP) is 2.00. The molecule has 1 fully saturated rings. The fraction of sp³-hybridized carbons (Fsp3) is 0.368. The summed E-state index contributed by atoms with van der Waals surface area (Å²) in [7, 11) is 0. The highest BCUT2D eigenvalue weighted by molar-refractivity contribution is 5.76. The van der Waals surface area contributed by atoms with Gasteiger partial charge in [0.15, 0.2) is 5.65 Å². The lowest BCUT2D eigenvalue weighted by atomic mass is 10.2. The van der Waals surface area contributed by atoms with E-state index < -0.39 is 5.69 Å². The molecule has 8 heteroatoms. The van der Waals surface area contributed by atoms with Crippen molar-refractivity contribution in [3.63, 3.8) is 0 Å². The average Bonchev–Trinajstić information content (AvgIpc) is 3.24. The van der Waals surface area contributed by atoms with Gasteiger partial charge in [-0.3, -0.25) is 4.79 Å². The summed E-state index contributed by atoms with van der Waals surface area (Å²) in [6.07, 6.45) is 4.28. The third kappa shape index (κ3) is 3.69. The lowest BCUT2D eigenvalue weighted by Crippen LogP contribution is -2.37. The van der Waals surface area contributed by atoms with E-state index in [2.05, 4.69) is 20.7 Å². The molecule has 0 aliphatic heterocycles. The highest BCUT2D eigenvalue weighted by atomic mass is 16.2. The monoisotopic (exact) mass is 366 g/mol. The molecule has 0 spiro atoms. The van der Waals surface area contributed by atoms with Gasteiger partial charge in [0.05, 0.1) is 0 Å². The number of aromatic nitrogens is 4. The molecule has 4 rings (SSSR count). The maximum Gasteiger partial charge on any atom is 0.353 e. The maximum atomic E-state index is 12.8. The minimum atomic E-state index is -0.391. The Kier molecular flexibility index (Phi) is 4.62. The summed E-state index contributed by atoms with van der Waals surface area (Å²) in [5, 5.41) is 10.5. The van der Waals surface area contributed by atoms with Crippen LogP contribution >= 0.6 is 0 Å². The zero-order chi connectivity index (χ0) is 18.8. The summed E-state index contributed by atoms with van der Waals surface area (Å²) in [5.41, 5.74) is 1.61. The number of rotatable bonds is 5. The van der Waals surface area contributed by atoms with Crippen molar-refractivity contribution in [1.29, 1.82) is 0 Å². The number of hydrogen-bond donors (Lipinski definition) is 2. The molecule has 0 radical (unpaired) electrons. The molecule has 8 nitrogen and oxygen atoms in total. The van der Waals surface area contributed by atoms with Crippen LogP contribution in [0, 0.1) is 6.92 Å². The van der Waals surface area contributed by atoms with Crippen molar-refractivity contribution in [1.82, 2.24) is 24.5 Å². The summed E-state index contributed by atoms with van der Waals surface area (Å²) in [4.78, 5) is 29.5. The largest absolute Gasteiger partial charge is 0.353 e. The van der Waals surface area contributed by atoms with Crippen molar-refractivity contribution in [3.05, 3.63) is 52.6 Å². The number of hydrogen-bond acceptors (Lipinski definition) is 5. The smallest absolute Gasteiger partial charge is 0.352 e. The van der Waals surface area contributed by atoms with E-state index in [-0.39, 0.29) is 18.5 Å². The topological polar surface area (TPSA) is 93.3 Å². The van der Waals surface area contributed by atoms with Crippen molar-refractivity contribution >= 4 is 23.2 Å². The molecule has 1 amide bonds. The summed E-state index contributed by atoms with van der Waals surface area (Å²) in [6, 6.07) is 11.4. The van der Waals surface area contributed by atoms with Crippen LogP contribution in [0.25, 0.3) is 5.65 Å². The fourth-order valence-corrected chi connectivity index (χ4v) is 3.47. The van der Waals surface area contributed by atoms with Crippen molar-refractivity contribution in [3.8, 4) is 0 Å². The van der Waals surface area contributed by atoms with Crippen molar-refractivity contribution in [2.45, 2.75) is 45.2 Å². The van der Waals surface area contributed by atoms with E-state index in [1.54, 1.807) is 6.07 Å². The van der Waals surface area contributed by atoms with E-state index in [0.29, 0.717) is 11.6 Å². The second kappa shape index (κ2) is 7.22. The molecular formula is C19H22N6O2. The number of carbonyl (C=O) groups is 1. The van der Waals surface area contributed by atoms with E-state index in [1.165, 1.54) is 9.08 Å². The summed E-state index contributed by atoms with van der Waals surface area (Å²) >= 11 is 0. The van der Waals surface area contributed by atoms with Crippen LogP contribution in [0.1, 0.15) is 31.4 Å². The third-order valence-corrected chi connectivity index (χ3v) is 4.74. The van der Waals surface area contributed by atoms with Crippen LogP contribution in [0.3, 0.4) is 0 Å². The van der Waals surface area contributed by atoms with Crippen molar-refractivity contribution in [2.75, 3.05) is 5.32 Å². The van der Waals surface area contributed by atoms with Crippen LogP contribution in [-0.4, -0.2) is 31.1 Å². The molecule has 3 aromatic rings. The number of carbonyl (C=O) groups excluding carboxylic acids is 1. The standard InChI is InChI=1S/C19H22N6O2/c1-13-11-16-23-24(12-17(26)21-14-9-5-6-10-14)19(27)25(16)18(20-13)22-15-7-3-2-4-8-15/h2-4,7-8,11,14H,5-6,9-10,12H2,1H3,(H,20,22)(H,21,26). The number of para-hydroxylation sites is 1. The summed E-state index contributed by atoms with van der Waals surface area (Å²) in [6.45, 7) is 1.74. The fourth-order valence-electron chi connectivity index (χ4n) is 3.47. The Morgan fingerprint density at radius 1 is 1.22 bits per heavy atom. The molecule has 2 aromatic heterocycles. The molecule has 27 heavy (non-hydrogen) atoms. The van der Waals surface area contributed by atoms with Gasteiger partial charge in [0.25, 0.3) is 0 Å². The molecular weight excluding hydrogens is 344 g/mol. The zero-order valence-corrected chi connectivity index (χ0v) is 15.2. The number of aryl methyl sites for hydroxylation is 1. The minimum absolute atomic E-state index is 0.0964. The molecule has 0 bridgehead atoms. The Morgan fingerprint density at radius 3 is 2.70 bits per heavy atom. The van der Waals surface area contributed by atoms with Gasteiger partial charge in [-0.05, 0) is 31.9 Å². The summed E-state index contributed by atoms with van der Waals surface area (Å²) < 4.78 is 2.58. The number of amides is 1. The molecule has 1 aromatic carbocycles. The van der Waals surface area contributed by atoms with E-state index in [4.69, 9.17) is 0 Å². The third-order valence-electron chi connectivity index (χ3n) is 4.74. The molecule has 1 aliphatic carbocycles. The van der Waals surface area contributed by atoms with Crippen LogP contribution in [-0.2, 0) is 11.3 Å². The van der Waals surface area contributed by atoms with Crippen molar-refractivity contribution in [2.24, 2.45) is 0 Å². The van der Waals surface area contributed by atoms with Gasteiger partial charge in [-0.2, -0.15) is 0 Å². The van der Waals surface area contributed by atoms with Crippen LogP contribution in [0.15, 0.2) is 41.2 Å². The Bertz CT molecular complexity index is 1020. The van der Waals surface area contributed by atoms with Gasteiger partial charge in [-0.25, -0.2) is 18.9 Å². The Balaban J connectivity index is 1.63. The van der Waals surface area contributed by atoms with E-state index in [9.17, 15) is 9.59 Å². The molecule has 1 aliphatic rings. The SMILES string of the molecule is Cc1cc2nn(CC(=O)NC3CCCC3)c(=O)n2c(Nc2ccccc2)n1. The van der Waals surface area contributed by atoms with Gasteiger partial charge < -0.3 is 10.6 Å². The van der Waals surface area contributed by atoms with Gasteiger partial charge in [0.1, 0.15) is 6.54 Å². The van der Waals surface area contributed by atoms with E-state index in [1.807, 2.05) is 37.3 Å². The first-order chi connectivity index (χ1) is 13.1. The summed E-state index contributed by atoms with van der Waals surface area (Å²) in [5.74, 6) is 0.193. The van der Waals surface area contributed by atoms with Gasteiger partial charge in [-0.1, -0.05) is 31.0 Å². The molecule has 140 valence electrons. The number of anilines is 2. The van der Waals surface area contributed by atoms with Crippen LogP contribution < -0.4 is 16.3 Å².